The van der Waals surface area contributed by atoms with Crippen molar-refractivity contribution in [2.75, 3.05) is 13.1 Å². The van der Waals surface area contributed by atoms with Crippen LogP contribution in [0.3, 0.4) is 0 Å². The highest BCUT2D eigenvalue weighted by molar-refractivity contribution is 6.66. The van der Waals surface area contributed by atoms with Crippen molar-refractivity contribution in [3.05, 3.63) is 0 Å². The van der Waals surface area contributed by atoms with Crippen LogP contribution in [0.15, 0.2) is 0 Å². The summed E-state index contributed by atoms with van der Waals surface area (Å²) in [5.41, 5.74) is 0. The third-order valence-electron chi connectivity index (χ3n) is 1.89. The molecule has 0 atom stereocenters. The lowest BCUT2D eigenvalue weighted by Crippen LogP contribution is -2.48. The average molecular weight is 252 g/mol. The van der Waals surface area contributed by atoms with Gasteiger partial charge in [-0.05, 0) is 39.3 Å². The maximum Gasteiger partial charge on any atom is 0.389 e. The molecule has 0 bridgehead atoms. The summed E-state index contributed by atoms with van der Waals surface area (Å²) in [6, 6.07) is 0. The minimum atomic E-state index is -1.51. The zero-order valence-corrected chi connectivity index (χ0v) is 13.9. The van der Waals surface area contributed by atoms with E-state index in [1.165, 1.54) is 0 Å². The van der Waals surface area contributed by atoms with Crippen LogP contribution in [0.1, 0.15) is 13.8 Å². The summed E-state index contributed by atoms with van der Waals surface area (Å²) < 4.78 is 14.4. The van der Waals surface area contributed by atoms with Gasteiger partial charge in [-0.25, -0.2) is 0 Å². The molecule has 0 spiro atoms. The lowest BCUT2D eigenvalue weighted by Gasteiger charge is -2.30. The minimum absolute atomic E-state index is 0.954. The van der Waals surface area contributed by atoms with Gasteiger partial charge in [0.25, 0.3) is 0 Å². The highest BCUT2D eigenvalue weighted by Gasteiger charge is 2.23. The molecule has 0 aromatic rings. The Morgan fingerprint density at radius 3 is 1.43 bits per heavy atom. The molecule has 14 heavy (non-hydrogen) atoms. The maximum absolute atomic E-state index is 6.02. The van der Waals surface area contributed by atoms with Crippen LogP contribution in [0.2, 0.25) is 26.2 Å². The smallest absolute Gasteiger partial charge is 0.389 e. The highest BCUT2D eigenvalue weighted by atomic mass is 28.4. The second-order valence-corrected chi connectivity index (χ2v) is 11.6. The van der Waals surface area contributed by atoms with Crippen molar-refractivity contribution in [3.63, 3.8) is 0 Å². The van der Waals surface area contributed by atoms with E-state index in [0.717, 1.165) is 13.1 Å². The molecule has 0 aromatic heterocycles. The zero-order chi connectivity index (χ0) is 11.1. The maximum atomic E-state index is 6.02. The first-order valence-corrected chi connectivity index (χ1v) is 12.6. The van der Waals surface area contributed by atoms with Gasteiger partial charge in [-0.1, -0.05) is 13.8 Å². The Morgan fingerprint density at radius 1 is 0.857 bits per heavy atom. The largest absolute Gasteiger partial charge is 0.430 e. The van der Waals surface area contributed by atoms with Gasteiger partial charge in [-0.3, -0.25) is 4.57 Å². The lowest BCUT2D eigenvalue weighted by molar-refractivity contribution is 0.307. The van der Waals surface area contributed by atoms with Crippen LogP contribution in [-0.4, -0.2) is 45.2 Å². The van der Waals surface area contributed by atoms with Gasteiger partial charge in [0.05, 0.1) is 0 Å². The third-order valence-corrected chi connectivity index (χ3v) is 9.43. The van der Waals surface area contributed by atoms with Crippen LogP contribution >= 0.6 is 0 Å². The van der Waals surface area contributed by atoms with Gasteiger partial charge in [0.1, 0.15) is 0 Å². The molecule has 86 valence electrons. The molecule has 0 N–H and O–H groups in total. The van der Waals surface area contributed by atoms with Crippen molar-refractivity contribution in [1.29, 1.82) is 0 Å². The van der Waals surface area contributed by atoms with Crippen LogP contribution in [0.5, 0.6) is 0 Å². The van der Waals surface area contributed by atoms with E-state index < -0.39 is 27.5 Å². The highest BCUT2D eigenvalue weighted by Crippen LogP contribution is 2.03. The first-order valence-electron chi connectivity index (χ1n) is 5.56. The Bertz CT molecular complexity index is 133. The molecular weight excluding hydrogens is 226 g/mol. The second kappa shape index (κ2) is 7.77. The summed E-state index contributed by atoms with van der Waals surface area (Å²) in [4.78, 5) is 0. The number of hydrogen-bond acceptors (Lipinski definition) is 3. The van der Waals surface area contributed by atoms with E-state index >= 15 is 0 Å². The Balaban J connectivity index is 4.20. The van der Waals surface area contributed by atoms with Gasteiger partial charge < -0.3 is 8.23 Å². The fourth-order valence-electron chi connectivity index (χ4n) is 1.19. The second-order valence-electron chi connectivity index (χ2n) is 3.90. The van der Waals surface area contributed by atoms with Gasteiger partial charge in [0, 0.05) is 0 Å². The molecule has 3 nitrogen and oxygen atoms in total. The molecule has 0 amide bonds. The van der Waals surface area contributed by atoms with Crippen molar-refractivity contribution < 1.29 is 8.23 Å². The van der Waals surface area contributed by atoms with E-state index in [2.05, 4.69) is 44.6 Å². The fraction of sp³-hybridized carbons (Fsp3) is 1.00. The van der Waals surface area contributed by atoms with E-state index in [9.17, 15) is 0 Å². The normalized spacial score (nSPS) is 12.4. The molecule has 0 rings (SSSR count). The number of hydrogen-bond donors (Lipinski definition) is 0. The standard InChI is InChI=1S/C8H25NO2Si3/c1-7-9(8-2)14(10-12(3)4)11-13(5)6/h12-14H,7-8H2,1-6H3. The molecule has 0 saturated heterocycles. The topological polar surface area (TPSA) is 21.7 Å². The van der Waals surface area contributed by atoms with E-state index in [1.54, 1.807) is 0 Å². The van der Waals surface area contributed by atoms with Crippen LogP contribution in [0.25, 0.3) is 0 Å². The average Bonchev–Trinajstić information content (AvgIpc) is 2.03. The molecule has 0 aliphatic carbocycles. The van der Waals surface area contributed by atoms with Crippen LogP contribution < -0.4 is 0 Å². The zero-order valence-electron chi connectivity index (χ0n) is 10.4. The van der Waals surface area contributed by atoms with Gasteiger partial charge in [0.2, 0.25) is 0 Å². The molecule has 0 saturated carbocycles. The number of rotatable bonds is 7. The summed E-state index contributed by atoms with van der Waals surface area (Å²) in [5, 5.41) is 0. The Kier molecular flexibility index (Phi) is 8.07. The Morgan fingerprint density at radius 2 is 1.21 bits per heavy atom. The predicted octanol–water partition coefficient (Wildman–Crippen LogP) is 1.05. The van der Waals surface area contributed by atoms with Gasteiger partial charge in [0.15, 0.2) is 18.1 Å². The quantitative estimate of drug-likeness (QED) is 0.631. The molecule has 0 radical (unpaired) electrons. The van der Waals surface area contributed by atoms with Crippen molar-refractivity contribution in [2.24, 2.45) is 0 Å². The molecule has 0 aromatic carbocycles. The van der Waals surface area contributed by atoms with E-state index in [4.69, 9.17) is 8.23 Å². The first-order chi connectivity index (χ1) is 6.51. The summed E-state index contributed by atoms with van der Waals surface area (Å²) in [7, 11) is -3.42. The lowest BCUT2D eigenvalue weighted by atomic mass is 10.7. The summed E-state index contributed by atoms with van der Waals surface area (Å²) >= 11 is 0. The van der Waals surface area contributed by atoms with Gasteiger partial charge in [-0.15, -0.1) is 0 Å². The monoisotopic (exact) mass is 251 g/mol. The molecule has 0 aliphatic heterocycles. The molecular formula is C8H25NO2Si3. The first kappa shape index (κ1) is 14.5. The SMILES string of the molecule is CCN(CC)[SiH](O[SiH](C)C)O[SiH](C)C. The summed E-state index contributed by atoms with van der Waals surface area (Å²) in [6.45, 7) is 15.3. The van der Waals surface area contributed by atoms with Gasteiger partial charge >= 0.3 is 9.45 Å². The fourth-order valence-corrected chi connectivity index (χ4v) is 7.72. The predicted molar refractivity (Wildman–Crippen MR) is 70.0 cm³/mol. The molecule has 0 heterocycles. The third kappa shape index (κ3) is 6.10. The van der Waals surface area contributed by atoms with Crippen molar-refractivity contribution >= 4 is 27.5 Å². The van der Waals surface area contributed by atoms with Crippen molar-refractivity contribution in [2.45, 2.75) is 40.0 Å². The minimum Gasteiger partial charge on any atom is -0.430 e. The van der Waals surface area contributed by atoms with Crippen molar-refractivity contribution in [1.82, 2.24) is 4.57 Å². The number of nitrogens with zero attached hydrogens (tertiary/aromatic N) is 1. The molecule has 0 unspecified atom stereocenters. The van der Waals surface area contributed by atoms with E-state index in [0.29, 0.717) is 0 Å². The van der Waals surface area contributed by atoms with E-state index in [1.807, 2.05) is 0 Å². The van der Waals surface area contributed by atoms with Gasteiger partial charge in [-0.2, -0.15) is 0 Å². The van der Waals surface area contributed by atoms with Crippen LogP contribution in [0.4, 0.5) is 0 Å². The Hall–Kier alpha value is 0.531. The van der Waals surface area contributed by atoms with Crippen molar-refractivity contribution in [3.8, 4) is 0 Å². The molecule has 6 heteroatoms. The Labute approximate surface area is 93.8 Å². The van der Waals surface area contributed by atoms with Crippen LogP contribution in [-0.2, 0) is 8.23 Å². The summed E-state index contributed by atoms with van der Waals surface area (Å²) in [6.07, 6.45) is 0. The van der Waals surface area contributed by atoms with Crippen LogP contribution in [0, 0.1) is 0 Å². The summed E-state index contributed by atoms with van der Waals surface area (Å²) in [5.74, 6) is 0. The molecule has 0 aliphatic rings. The molecule has 0 fully saturated rings. The van der Waals surface area contributed by atoms with E-state index in [-0.39, 0.29) is 0 Å².